The van der Waals surface area contributed by atoms with Crippen molar-refractivity contribution in [2.75, 3.05) is 11.9 Å². The van der Waals surface area contributed by atoms with Crippen LogP contribution in [-0.4, -0.2) is 26.0 Å². The fourth-order valence-electron chi connectivity index (χ4n) is 3.45. The van der Waals surface area contributed by atoms with Crippen LogP contribution in [-0.2, 0) is 6.54 Å². The van der Waals surface area contributed by atoms with Gasteiger partial charge in [0.2, 0.25) is 0 Å². The lowest BCUT2D eigenvalue weighted by Gasteiger charge is -2.39. The van der Waals surface area contributed by atoms with Crippen molar-refractivity contribution in [2.24, 2.45) is 0 Å². The van der Waals surface area contributed by atoms with E-state index in [1.807, 2.05) is 18.2 Å². The molecule has 4 rings (SSSR count). The number of hydrogen-bond acceptors (Lipinski definition) is 3. The highest BCUT2D eigenvalue weighted by atomic mass is 32.1. The first kappa shape index (κ1) is 17.2. The van der Waals surface area contributed by atoms with Gasteiger partial charge < -0.3 is 14.8 Å². The summed E-state index contributed by atoms with van der Waals surface area (Å²) >= 11 is 5.69. The van der Waals surface area contributed by atoms with Crippen LogP contribution in [0.3, 0.4) is 0 Å². The predicted octanol–water partition coefficient (Wildman–Crippen LogP) is 4.20. The second kappa shape index (κ2) is 7.20. The molecule has 27 heavy (non-hydrogen) atoms. The Hall–Kier alpha value is -3.19. The summed E-state index contributed by atoms with van der Waals surface area (Å²) in [5.41, 5.74) is 3.16. The predicted molar refractivity (Wildman–Crippen MR) is 109 cm³/mol. The lowest BCUT2D eigenvalue weighted by molar-refractivity contribution is -0.384. The molecular weight excluding hydrogens is 360 g/mol. The number of benzene rings is 2. The second-order valence-corrected chi connectivity index (χ2v) is 6.75. The topological polar surface area (TPSA) is 63.3 Å². The molecule has 2 heterocycles. The van der Waals surface area contributed by atoms with Crippen LogP contribution < -0.4 is 5.32 Å². The third kappa shape index (κ3) is 3.41. The summed E-state index contributed by atoms with van der Waals surface area (Å²) in [7, 11) is 0. The van der Waals surface area contributed by atoms with Gasteiger partial charge in [-0.15, -0.1) is 0 Å². The molecule has 1 aliphatic heterocycles. The highest BCUT2D eigenvalue weighted by Gasteiger charge is 2.30. The van der Waals surface area contributed by atoms with Gasteiger partial charge in [-0.25, -0.2) is 0 Å². The molecule has 0 fully saturated rings. The highest BCUT2D eigenvalue weighted by Crippen LogP contribution is 2.33. The van der Waals surface area contributed by atoms with Crippen molar-refractivity contribution in [1.82, 2.24) is 9.47 Å². The van der Waals surface area contributed by atoms with E-state index in [2.05, 4.69) is 45.2 Å². The van der Waals surface area contributed by atoms with E-state index in [9.17, 15) is 10.1 Å². The molecule has 136 valence electrons. The fourth-order valence-corrected chi connectivity index (χ4v) is 3.76. The highest BCUT2D eigenvalue weighted by molar-refractivity contribution is 7.80. The van der Waals surface area contributed by atoms with Gasteiger partial charge in [0.05, 0.1) is 11.0 Å². The minimum atomic E-state index is -0.410. The Morgan fingerprint density at radius 3 is 2.48 bits per heavy atom. The third-order valence-electron chi connectivity index (χ3n) is 4.74. The average molecular weight is 378 g/mol. The van der Waals surface area contributed by atoms with Crippen molar-refractivity contribution < 1.29 is 4.92 Å². The summed E-state index contributed by atoms with van der Waals surface area (Å²) in [6.45, 7) is 1.63. The van der Waals surface area contributed by atoms with Crippen molar-refractivity contribution in [1.29, 1.82) is 0 Å². The van der Waals surface area contributed by atoms with Gasteiger partial charge >= 0.3 is 0 Å². The van der Waals surface area contributed by atoms with Crippen LogP contribution in [0.1, 0.15) is 17.3 Å². The number of thiocarbonyl (C=S) groups is 1. The zero-order valence-corrected chi connectivity index (χ0v) is 15.3. The fraction of sp³-hybridized carbons (Fsp3) is 0.150. The van der Waals surface area contributed by atoms with Crippen molar-refractivity contribution in [2.45, 2.75) is 12.6 Å². The molecule has 1 aliphatic rings. The Morgan fingerprint density at radius 2 is 1.78 bits per heavy atom. The van der Waals surface area contributed by atoms with Crippen molar-refractivity contribution in [3.8, 4) is 0 Å². The van der Waals surface area contributed by atoms with E-state index in [1.165, 1.54) is 23.4 Å². The number of nitro groups is 1. The largest absolute Gasteiger partial charge is 0.348 e. The molecule has 1 aromatic heterocycles. The van der Waals surface area contributed by atoms with Crippen LogP contribution >= 0.6 is 12.2 Å². The second-order valence-electron chi connectivity index (χ2n) is 6.37. The summed E-state index contributed by atoms with van der Waals surface area (Å²) in [6, 6.07) is 20.8. The normalized spacial score (nSPS) is 15.9. The van der Waals surface area contributed by atoms with E-state index < -0.39 is 4.92 Å². The maximum absolute atomic E-state index is 10.8. The number of nitrogens with zero attached hydrogens (tertiary/aromatic N) is 3. The van der Waals surface area contributed by atoms with E-state index >= 15 is 0 Å². The Kier molecular flexibility index (Phi) is 4.60. The Labute approximate surface area is 162 Å². The number of fused-ring (bicyclic) bond motifs is 1. The first-order valence-electron chi connectivity index (χ1n) is 8.65. The van der Waals surface area contributed by atoms with E-state index in [0.29, 0.717) is 5.11 Å². The summed E-state index contributed by atoms with van der Waals surface area (Å²) in [4.78, 5) is 12.6. The lowest BCUT2D eigenvalue weighted by Crippen LogP contribution is -2.44. The number of rotatable bonds is 3. The smallest absolute Gasteiger partial charge is 0.269 e. The number of nitro benzene ring substituents is 1. The summed E-state index contributed by atoms with van der Waals surface area (Å²) in [6.07, 6.45) is 2.09. The first-order chi connectivity index (χ1) is 13.1. The Morgan fingerprint density at radius 1 is 1.04 bits per heavy atom. The Balaban J connectivity index is 1.61. The number of hydrogen-bond donors (Lipinski definition) is 1. The number of anilines is 1. The molecule has 0 aliphatic carbocycles. The molecule has 0 radical (unpaired) electrons. The number of nitrogens with one attached hydrogen (secondary N) is 1. The van der Waals surface area contributed by atoms with E-state index in [1.54, 1.807) is 12.1 Å². The van der Waals surface area contributed by atoms with Gasteiger partial charge in [-0.05, 0) is 42.0 Å². The standard InChI is InChI=1S/C20H18N4O2S/c25-24(26)17-10-8-16(9-11-17)21-20(27)23-14-13-22-12-4-7-18(22)19(23)15-5-2-1-3-6-15/h1-12,19H,13-14H2,(H,21,27). The van der Waals surface area contributed by atoms with Gasteiger partial charge in [0.25, 0.3) is 5.69 Å². The van der Waals surface area contributed by atoms with Crippen LogP contribution in [0.4, 0.5) is 11.4 Å². The van der Waals surface area contributed by atoms with Crippen LogP contribution in [0, 0.1) is 10.1 Å². The van der Waals surface area contributed by atoms with Gasteiger partial charge in [0.15, 0.2) is 5.11 Å². The molecule has 1 unspecified atom stereocenters. The average Bonchev–Trinajstić information content (AvgIpc) is 3.17. The molecule has 6 nitrogen and oxygen atoms in total. The minimum Gasteiger partial charge on any atom is -0.348 e. The molecule has 0 bridgehead atoms. The van der Waals surface area contributed by atoms with Crippen molar-refractivity contribution in [3.05, 3.63) is 94.3 Å². The van der Waals surface area contributed by atoms with Gasteiger partial charge in [-0.3, -0.25) is 10.1 Å². The lowest BCUT2D eigenvalue weighted by atomic mass is 10.0. The molecule has 1 N–H and O–H groups in total. The van der Waals surface area contributed by atoms with Crippen molar-refractivity contribution in [3.63, 3.8) is 0 Å². The quantitative estimate of drug-likeness (QED) is 0.420. The van der Waals surface area contributed by atoms with Gasteiger partial charge in [0, 0.05) is 42.8 Å². The minimum absolute atomic E-state index is 0.0213. The SMILES string of the molecule is O=[N+]([O-])c1ccc(NC(=S)N2CCn3cccc3C2c2ccccc2)cc1. The molecule has 1 atom stereocenters. The zero-order valence-electron chi connectivity index (χ0n) is 14.5. The molecule has 0 amide bonds. The molecule has 7 heteroatoms. The van der Waals surface area contributed by atoms with Crippen molar-refractivity contribution >= 4 is 28.7 Å². The first-order valence-corrected chi connectivity index (χ1v) is 9.06. The molecule has 2 aromatic carbocycles. The summed E-state index contributed by atoms with van der Waals surface area (Å²) in [5.74, 6) is 0. The molecule has 0 spiro atoms. The summed E-state index contributed by atoms with van der Waals surface area (Å²) < 4.78 is 2.25. The van der Waals surface area contributed by atoms with E-state index in [-0.39, 0.29) is 11.7 Å². The van der Waals surface area contributed by atoms with Crippen LogP contribution in [0.5, 0.6) is 0 Å². The maximum atomic E-state index is 10.8. The van der Waals surface area contributed by atoms with Gasteiger partial charge in [-0.1, -0.05) is 30.3 Å². The van der Waals surface area contributed by atoms with E-state index in [4.69, 9.17) is 12.2 Å². The monoisotopic (exact) mass is 378 g/mol. The summed E-state index contributed by atoms with van der Waals surface area (Å²) in [5, 5.41) is 14.6. The zero-order chi connectivity index (χ0) is 18.8. The Bertz CT molecular complexity index is 969. The van der Waals surface area contributed by atoms with Crippen LogP contribution in [0.25, 0.3) is 0 Å². The number of non-ortho nitro benzene ring substituents is 1. The number of aromatic nitrogens is 1. The van der Waals surface area contributed by atoms with Crippen LogP contribution in [0.2, 0.25) is 0 Å². The van der Waals surface area contributed by atoms with Gasteiger partial charge in [0.1, 0.15) is 0 Å². The molecule has 0 saturated heterocycles. The molecule has 3 aromatic rings. The maximum Gasteiger partial charge on any atom is 0.269 e. The molecule has 0 saturated carbocycles. The van der Waals surface area contributed by atoms with E-state index in [0.717, 1.165) is 18.8 Å². The van der Waals surface area contributed by atoms with Crippen LogP contribution in [0.15, 0.2) is 72.9 Å². The molecular formula is C20H18N4O2S. The van der Waals surface area contributed by atoms with Gasteiger partial charge in [-0.2, -0.15) is 0 Å². The third-order valence-corrected chi connectivity index (χ3v) is 5.08.